The molecule has 0 spiro atoms. The molecule has 6 heteroatoms. The molecule has 1 fully saturated rings. The van der Waals surface area contributed by atoms with Gasteiger partial charge in [0.15, 0.2) is 0 Å². The molecule has 0 amide bonds. The number of rotatable bonds is 3. The maximum Gasteiger partial charge on any atom is 0.374 e. The molecule has 0 unspecified atom stereocenters. The Balaban J connectivity index is 2.21. The Morgan fingerprint density at radius 2 is 2.31 bits per heavy atom. The molecule has 1 saturated carbocycles. The van der Waals surface area contributed by atoms with Gasteiger partial charge in [-0.25, -0.2) is 4.79 Å². The van der Waals surface area contributed by atoms with Crippen LogP contribution in [0.15, 0.2) is 0 Å². The minimum Gasteiger partial charge on any atom is -0.475 e. The fraction of sp³-hybridized carbons (Fsp3) is 0.571. The summed E-state index contributed by atoms with van der Waals surface area (Å²) in [4.78, 5) is 10.6. The zero-order chi connectivity index (χ0) is 9.42. The highest BCUT2D eigenvalue weighted by Gasteiger charge is 2.24. The van der Waals surface area contributed by atoms with Crippen LogP contribution >= 0.6 is 0 Å². The molecule has 0 bridgehead atoms. The second kappa shape index (κ2) is 2.72. The Hall–Kier alpha value is -1.59. The van der Waals surface area contributed by atoms with E-state index in [1.807, 2.05) is 0 Å². The Morgan fingerprint density at radius 3 is 2.77 bits per heavy atom. The predicted molar refractivity (Wildman–Crippen MR) is 44.6 cm³/mol. The van der Waals surface area contributed by atoms with Gasteiger partial charge in [-0.3, -0.25) is 4.57 Å². The van der Waals surface area contributed by atoms with Gasteiger partial charge < -0.3 is 10.4 Å². The van der Waals surface area contributed by atoms with E-state index in [4.69, 9.17) is 5.11 Å². The zero-order valence-corrected chi connectivity index (χ0v) is 7.19. The molecule has 2 N–H and O–H groups in total. The van der Waals surface area contributed by atoms with Gasteiger partial charge in [0.25, 0.3) is 0 Å². The lowest BCUT2D eigenvalue weighted by atomic mass is 10.6. The summed E-state index contributed by atoms with van der Waals surface area (Å²) in [7, 11) is 1.63. The summed E-state index contributed by atoms with van der Waals surface area (Å²) >= 11 is 0. The van der Waals surface area contributed by atoms with Gasteiger partial charge in [0.05, 0.1) is 0 Å². The number of anilines is 1. The molecular formula is C7H10N4O2. The molecule has 70 valence electrons. The van der Waals surface area contributed by atoms with Crippen molar-refractivity contribution in [3.8, 4) is 0 Å². The monoisotopic (exact) mass is 182 g/mol. The standard InChI is InChI=1S/C7H10N4O2/c1-11-5(6(12)13)9-10-7(11)8-4-2-3-4/h4H,2-3H2,1H3,(H,8,10)(H,12,13). The molecular weight excluding hydrogens is 172 g/mol. The molecule has 0 atom stereocenters. The fourth-order valence-electron chi connectivity index (χ4n) is 1.05. The molecule has 1 aromatic heterocycles. The Morgan fingerprint density at radius 1 is 1.62 bits per heavy atom. The maximum absolute atomic E-state index is 10.6. The quantitative estimate of drug-likeness (QED) is 0.692. The number of carbonyl (C=O) groups is 1. The number of aromatic carboxylic acids is 1. The molecule has 0 aliphatic heterocycles. The third-order valence-corrected chi connectivity index (χ3v) is 1.98. The number of nitrogens with one attached hydrogen (secondary N) is 1. The van der Waals surface area contributed by atoms with Gasteiger partial charge in [-0.15, -0.1) is 10.2 Å². The zero-order valence-electron chi connectivity index (χ0n) is 7.19. The van der Waals surface area contributed by atoms with E-state index in [0.717, 1.165) is 12.8 Å². The topological polar surface area (TPSA) is 80.0 Å². The lowest BCUT2D eigenvalue weighted by Gasteiger charge is -2.02. The molecule has 0 saturated heterocycles. The predicted octanol–water partition coefficient (Wildman–Crippen LogP) is 0.0876. The van der Waals surface area contributed by atoms with E-state index in [9.17, 15) is 4.79 Å². The van der Waals surface area contributed by atoms with Crippen molar-refractivity contribution in [2.45, 2.75) is 18.9 Å². The lowest BCUT2D eigenvalue weighted by molar-refractivity contribution is 0.0679. The van der Waals surface area contributed by atoms with Gasteiger partial charge in [-0.2, -0.15) is 0 Å². The summed E-state index contributed by atoms with van der Waals surface area (Å²) in [6, 6.07) is 0.449. The van der Waals surface area contributed by atoms with Crippen molar-refractivity contribution in [3.05, 3.63) is 5.82 Å². The second-order valence-electron chi connectivity index (χ2n) is 3.13. The van der Waals surface area contributed by atoms with Gasteiger partial charge in [0.2, 0.25) is 11.8 Å². The van der Waals surface area contributed by atoms with Crippen LogP contribution in [0, 0.1) is 0 Å². The SMILES string of the molecule is Cn1c(NC2CC2)nnc1C(=O)O. The van der Waals surface area contributed by atoms with E-state index in [0.29, 0.717) is 12.0 Å². The first-order chi connectivity index (χ1) is 6.18. The first kappa shape index (κ1) is 8.03. The van der Waals surface area contributed by atoms with Crippen LogP contribution in [0.25, 0.3) is 0 Å². The first-order valence-corrected chi connectivity index (χ1v) is 4.07. The maximum atomic E-state index is 10.6. The molecule has 2 rings (SSSR count). The number of nitrogens with zero attached hydrogens (tertiary/aromatic N) is 3. The van der Waals surface area contributed by atoms with Crippen LogP contribution in [0.2, 0.25) is 0 Å². The Labute approximate surface area is 74.6 Å². The van der Waals surface area contributed by atoms with Gasteiger partial charge in [-0.05, 0) is 12.8 Å². The highest BCUT2D eigenvalue weighted by molar-refractivity contribution is 5.83. The van der Waals surface area contributed by atoms with Crippen molar-refractivity contribution in [2.24, 2.45) is 7.05 Å². The van der Waals surface area contributed by atoms with Crippen LogP contribution in [0.3, 0.4) is 0 Å². The van der Waals surface area contributed by atoms with Crippen molar-refractivity contribution in [3.63, 3.8) is 0 Å². The van der Waals surface area contributed by atoms with E-state index >= 15 is 0 Å². The molecule has 0 radical (unpaired) electrons. The number of hydrogen-bond donors (Lipinski definition) is 2. The van der Waals surface area contributed by atoms with Crippen LogP contribution in [0.5, 0.6) is 0 Å². The van der Waals surface area contributed by atoms with Gasteiger partial charge in [0.1, 0.15) is 0 Å². The van der Waals surface area contributed by atoms with Crippen molar-refractivity contribution >= 4 is 11.9 Å². The smallest absolute Gasteiger partial charge is 0.374 e. The molecule has 1 heterocycles. The Kier molecular flexibility index (Phi) is 1.68. The van der Waals surface area contributed by atoms with Crippen molar-refractivity contribution < 1.29 is 9.90 Å². The summed E-state index contributed by atoms with van der Waals surface area (Å²) in [6.07, 6.45) is 2.24. The van der Waals surface area contributed by atoms with Crippen molar-refractivity contribution in [2.75, 3.05) is 5.32 Å². The van der Waals surface area contributed by atoms with E-state index in [1.54, 1.807) is 7.05 Å². The number of carboxylic acid groups (broad SMARTS) is 1. The molecule has 13 heavy (non-hydrogen) atoms. The minimum absolute atomic E-state index is 0.0387. The molecule has 6 nitrogen and oxygen atoms in total. The largest absolute Gasteiger partial charge is 0.475 e. The average Bonchev–Trinajstić information content (AvgIpc) is 2.78. The van der Waals surface area contributed by atoms with E-state index < -0.39 is 5.97 Å². The summed E-state index contributed by atoms with van der Waals surface area (Å²) in [5.74, 6) is -0.568. The third kappa shape index (κ3) is 1.47. The highest BCUT2D eigenvalue weighted by atomic mass is 16.4. The summed E-state index contributed by atoms with van der Waals surface area (Å²) in [5, 5.41) is 19.0. The van der Waals surface area contributed by atoms with E-state index in [2.05, 4.69) is 15.5 Å². The number of aromatic nitrogens is 3. The molecule has 1 aliphatic carbocycles. The fourth-order valence-corrected chi connectivity index (χ4v) is 1.05. The molecule has 1 aliphatic rings. The van der Waals surface area contributed by atoms with Crippen LogP contribution in [-0.4, -0.2) is 31.9 Å². The first-order valence-electron chi connectivity index (χ1n) is 4.07. The van der Waals surface area contributed by atoms with Gasteiger partial charge >= 0.3 is 5.97 Å². The second-order valence-corrected chi connectivity index (χ2v) is 3.13. The third-order valence-electron chi connectivity index (χ3n) is 1.98. The normalized spacial score (nSPS) is 15.8. The van der Waals surface area contributed by atoms with Crippen LogP contribution in [-0.2, 0) is 7.05 Å². The van der Waals surface area contributed by atoms with Crippen LogP contribution in [0.1, 0.15) is 23.5 Å². The van der Waals surface area contributed by atoms with Gasteiger partial charge in [0, 0.05) is 13.1 Å². The average molecular weight is 182 g/mol. The highest BCUT2D eigenvalue weighted by Crippen LogP contribution is 2.23. The number of hydrogen-bond acceptors (Lipinski definition) is 4. The van der Waals surface area contributed by atoms with E-state index in [1.165, 1.54) is 4.57 Å². The minimum atomic E-state index is -1.06. The van der Waals surface area contributed by atoms with Crippen LogP contribution < -0.4 is 5.32 Å². The summed E-state index contributed by atoms with van der Waals surface area (Å²) < 4.78 is 1.45. The van der Waals surface area contributed by atoms with Gasteiger partial charge in [-0.1, -0.05) is 0 Å². The number of carboxylic acids is 1. The van der Waals surface area contributed by atoms with Crippen LogP contribution in [0.4, 0.5) is 5.95 Å². The molecule has 1 aromatic rings. The lowest BCUT2D eigenvalue weighted by Crippen LogP contribution is -2.10. The Bertz CT molecular complexity index is 342. The molecule has 0 aromatic carbocycles. The summed E-state index contributed by atoms with van der Waals surface area (Å²) in [6.45, 7) is 0. The van der Waals surface area contributed by atoms with Crippen molar-refractivity contribution in [1.29, 1.82) is 0 Å². The van der Waals surface area contributed by atoms with E-state index in [-0.39, 0.29) is 5.82 Å². The van der Waals surface area contributed by atoms with Crippen molar-refractivity contribution in [1.82, 2.24) is 14.8 Å². The summed E-state index contributed by atoms with van der Waals surface area (Å²) in [5.41, 5.74) is 0.